The van der Waals surface area contributed by atoms with Crippen molar-refractivity contribution in [3.8, 4) is 17.0 Å². The summed E-state index contributed by atoms with van der Waals surface area (Å²) >= 11 is 0. The highest BCUT2D eigenvalue weighted by molar-refractivity contribution is 5.97. The fourth-order valence-electron chi connectivity index (χ4n) is 2.99. The van der Waals surface area contributed by atoms with Crippen LogP contribution in [0.2, 0.25) is 0 Å². The average molecular weight is 418 g/mol. The molecule has 0 aliphatic carbocycles. The van der Waals surface area contributed by atoms with Gasteiger partial charge in [0.15, 0.2) is 0 Å². The molecular weight excluding hydrogens is 392 g/mol. The van der Waals surface area contributed by atoms with Crippen molar-refractivity contribution in [2.24, 2.45) is 10.3 Å². The highest BCUT2D eigenvalue weighted by Crippen LogP contribution is 2.27. The van der Waals surface area contributed by atoms with Gasteiger partial charge in [-0.15, -0.1) is 0 Å². The normalized spacial score (nSPS) is 12.0. The first kappa shape index (κ1) is 22.0. The minimum atomic E-state index is 0.194. The molecule has 31 heavy (non-hydrogen) atoms. The van der Waals surface area contributed by atoms with E-state index in [0.717, 1.165) is 29.9 Å². The van der Waals surface area contributed by atoms with E-state index >= 15 is 0 Å². The van der Waals surface area contributed by atoms with E-state index < -0.39 is 0 Å². The van der Waals surface area contributed by atoms with Crippen molar-refractivity contribution in [2.75, 3.05) is 13.7 Å². The van der Waals surface area contributed by atoms with Gasteiger partial charge in [0.05, 0.1) is 17.1 Å². The summed E-state index contributed by atoms with van der Waals surface area (Å²) in [5.41, 5.74) is 5.22. The second-order valence-electron chi connectivity index (χ2n) is 6.91. The van der Waals surface area contributed by atoms with Crippen molar-refractivity contribution in [1.29, 1.82) is 0 Å². The molecule has 0 atom stereocenters. The Labute approximate surface area is 182 Å². The number of hydrogen-bond acceptors (Lipinski definition) is 7. The maximum Gasteiger partial charge on any atom is 0.124 e. The van der Waals surface area contributed by atoms with Crippen LogP contribution in [0.25, 0.3) is 11.3 Å². The van der Waals surface area contributed by atoms with Gasteiger partial charge < -0.3 is 14.8 Å². The summed E-state index contributed by atoms with van der Waals surface area (Å²) in [7, 11) is 1.52. The highest BCUT2D eigenvalue weighted by atomic mass is 16.6. The molecule has 3 rings (SSSR count). The minimum Gasteiger partial charge on any atom is -0.507 e. The molecule has 0 fully saturated rings. The van der Waals surface area contributed by atoms with Crippen LogP contribution in [-0.4, -0.2) is 40.2 Å². The Bertz CT molecular complexity index is 1080. The Balaban J connectivity index is 1.55. The molecule has 0 amide bonds. The molecule has 0 bridgehead atoms. The van der Waals surface area contributed by atoms with Crippen LogP contribution in [0.4, 0.5) is 0 Å². The summed E-state index contributed by atoms with van der Waals surface area (Å²) in [6.45, 7) is 4.17. The Hall–Kier alpha value is -3.74. The number of nitrogens with zero attached hydrogens (tertiary/aromatic N) is 4. The average Bonchev–Trinajstić information content (AvgIpc) is 2.79. The first-order valence-corrected chi connectivity index (χ1v) is 10.0. The summed E-state index contributed by atoms with van der Waals surface area (Å²) < 4.78 is 0. The van der Waals surface area contributed by atoms with E-state index in [1.165, 1.54) is 7.11 Å². The summed E-state index contributed by atoms with van der Waals surface area (Å²) in [4.78, 5) is 19.5. The van der Waals surface area contributed by atoms with Crippen molar-refractivity contribution >= 4 is 11.4 Å². The maximum atomic E-state index is 10.0. The van der Waals surface area contributed by atoms with Crippen LogP contribution in [0.5, 0.6) is 5.75 Å². The smallest absolute Gasteiger partial charge is 0.124 e. The number of oxime groups is 2. The molecule has 0 aliphatic rings. The lowest BCUT2D eigenvalue weighted by Crippen LogP contribution is -2.04. The molecule has 7 heteroatoms. The molecule has 0 saturated heterocycles. The van der Waals surface area contributed by atoms with Gasteiger partial charge in [0.25, 0.3) is 0 Å². The van der Waals surface area contributed by atoms with Gasteiger partial charge in [0.2, 0.25) is 0 Å². The van der Waals surface area contributed by atoms with Crippen LogP contribution in [-0.2, 0) is 16.1 Å². The SMILES string of the molecule is CO/N=C(\C)c1cccc(CCCO/N=C(\C)c2cccc(-c3ccccc3O)n2)n1. The highest BCUT2D eigenvalue weighted by Gasteiger charge is 2.07. The van der Waals surface area contributed by atoms with E-state index in [9.17, 15) is 5.11 Å². The summed E-state index contributed by atoms with van der Waals surface area (Å²) in [5.74, 6) is 0.194. The Morgan fingerprint density at radius 2 is 1.58 bits per heavy atom. The van der Waals surface area contributed by atoms with E-state index in [-0.39, 0.29) is 5.75 Å². The first-order valence-electron chi connectivity index (χ1n) is 10.0. The Kier molecular flexibility index (Phi) is 7.70. The molecule has 0 saturated carbocycles. The third-order valence-corrected chi connectivity index (χ3v) is 4.58. The quantitative estimate of drug-likeness (QED) is 0.312. The molecule has 0 spiro atoms. The summed E-state index contributed by atoms with van der Waals surface area (Å²) in [6.07, 6.45) is 1.54. The van der Waals surface area contributed by atoms with Crippen molar-refractivity contribution in [3.05, 3.63) is 77.7 Å². The zero-order valence-electron chi connectivity index (χ0n) is 17.9. The third-order valence-electron chi connectivity index (χ3n) is 4.58. The second kappa shape index (κ2) is 10.9. The van der Waals surface area contributed by atoms with Crippen LogP contribution in [0.15, 0.2) is 71.0 Å². The number of pyridine rings is 2. The van der Waals surface area contributed by atoms with Gasteiger partial charge in [-0.3, -0.25) is 4.98 Å². The number of phenols is 1. The monoisotopic (exact) mass is 418 g/mol. The molecule has 2 heterocycles. The van der Waals surface area contributed by atoms with E-state index in [0.29, 0.717) is 29.3 Å². The lowest BCUT2D eigenvalue weighted by molar-refractivity contribution is 0.141. The molecule has 2 aromatic heterocycles. The van der Waals surface area contributed by atoms with Gasteiger partial charge >= 0.3 is 0 Å². The molecule has 0 unspecified atom stereocenters. The summed E-state index contributed by atoms with van der Waals surface area (Å²) in [6, 6.07) is 18.6. The predicted molar refractivity (Wildman–Crippen MR) is 121 cm³/mol. The van der Waals surface area contributed by atoms with E-state index in [2.05, 4.69) is 20.3 Å². The van der Waals surface area contributed by atoms with Gasteiger partial charge in [0.1, 0.15) is 30.9 Å². The fourth-order valence-corrected chi connectivity index (χ4v) is 2.99. The fraction of sp³-hybridized carbons (Fsp3) is 0.250. The van der Waals surface area contributed by atoms with Crippen LogP contribution < -0.4 is 0 Å². The maximum absolute atomic E-state index is 10.0. The minimum absolute atomic E-state index is 0.194. The lowest BCUT2D eigenvalue weighted by Gasteiger charge is -2.07. The molecular formula is C24H26N4O3. The zero-order chi connectivity index (χ0) is 22.1. The van der Waals surface area contributed by atoms with Crippen LogP contribution in [0, 0.1) is 0 Å². The number of aryl methyl sites for hydroxylation is 1. The van der Waals surface area contributed by atoms with Gasteiger partial charge in [0, 0.05) is 11.3 Å². The second-order valence-corrected chi connectivity index (χ2v) is 6.91. The van der Waals surface area contributed by atoms with Gasteiger partial charge in [-0.2, -0.15) is 0 Å². The predicted octanol–water partition coefficient (Wildman–Crippen LogP) is 4.59. The van der Waals surface area contributed by atoms with Crippen LogP contribution in [0.3, 0.4) is 0 Å². The van der Waals surface area contributed by atoms with E-state index in [4.69, 9.17) is 9.68 Å². The lowest BCUT2D eigenvalue weighted by atomic mass is 10.1. The van der Waals surface area contributed by atoms with Gasteiger partial charge in [-0.1, -0.05) is 34.6 Å². The standard InChI is InChI=1S/C24H26N4O3/c1-17(27-30-3)21-12-6-9-19(25-21)10-8-16-31-28-18(2)22-13-7-14-23(26-22)20-11-4-5-15-24(20)29/h4-7,9,11-15,29H,8,10,16H2,1-3H3/b27-17+,28-18+. The molecule has 3 aromatic rings. The molecule has 7 nitrogen and oxygen atoms in total. The van der Waals surface area contributed by atoms with Crippen molar-refractivity contribution in [1.82, 2.24) is 9.97 Å². The van der Waals surface area contributed by atoms with E-state index in [1.807, 2.05) is 62.4 Å². The number of aromatic hydroxyl groups is 1. The molecule has 1 aromatic carbocycles. The van der Waals surface area contributed by atoms with Gasteiger partial charge in [-0.05, 0) is 63.1 Å². The Morgan fingerprint density at radius 3 is 2.35 bits per heavy atom. The topological polar surface area (TPSA) is 89.2 Å². The molecule has 0 radical (unpaired) electrons. The first-order chi connectivity index (χ1) is 15.1. The number of phenolic OH excluding ortho intramolecular Hbond substituents is 1. The van der Waals surface area contributed by atoms with Gasteiger partial charge in [-0.25, -0.2) is 4.98 Å². The molecule has 1 N–H and O–H groups in total. The van der Waals surface area contributed by atoms with E-state index in [1.54, 1.807) is 12.1 Å². The van der Waals surface area contributed by atoms with Crippen molar-refractivity contribution in [2.45, 2.75) is 26.7 Å². The van der Waals surface area contributed by atoms with Crippen molar-refractivity contribution < 1.29 is 14.8 Å². The number of hydrogen-bond donors (Lipinski definition) is 1. The van der Waals surface area contributed by atoms with Crippen LogP contribution in [0.1, 0.15) is 37.4 Å². The molecule has 160 valence electrons. The number of aromatic nitrogens is 2. The third kappa shape index (κ3) is 6.12. The zero-order valence-corrected chi connectivity index (χ0v) is 17.9. The number of para-hydroxylation sites is 1. The Morgan fingerprint density at radius 1 is 0.871 bits per heavy atom. The van der Waals surface area contributed by atoms with Crippen LogP contribution >= 0.6 is 0 Å². The van der Waals surface area contributed by atoms with Crippen molar-refractivity contribution in [3.63, 3.8) is 0 Å². The molecule has 0 aliphatic heterocycles. The summed E-state index contributed by atoms with van der Waals surface area (Å²) in [5, 5.41) is 18.2. The largest absolute Gasteiger partial charge is 0.507 e. The number of rotatable bonds is 9. The number of benzene rings is 1.